The fourth-order valence-electron chi connectivity index (χ4n) is 1.82. The molecule has 0 fully saturated rings. The monoisotopic (exact) mass is 358 g/mol. The molecule has 20 heavy (non-hydrogen) atoms. The normalized spacial score (nSPS) is 11.1. The van der Waals surface area contributed by atoms with Crippen molar-refractivity contribution in [3.05, 3.63) is 39.3 Å². The molecule has 2 aromatic rings. The van der Waals surface area contributed by atoms with Gasteiger partial charge in [-0.15, -0.1) is 0 Å². The van der Waals surface area contributed by atoms with Crippen molar-refractivity contribution in [2.45, 2.75) is 20.3 Å². The minimum atomic E-state index is -0.548. The number of hydrogen-bond acceptors (Lipinski definition) is 3. The van der Waals surface area contributed by atoms with E-state index in [1.165, 1.54) is 12.1 Å². The second-order valence-electron chi connectivity index (χ2n) is 4.89. The van der Waals surface area contributed by atoms with Gasteiger partial charge in [-0.3, -0.25) is 0 Å². The van der Waals surface area contributed by atoms with Crippen LogP contribution in [0.5, 0.6) is 5.75 Å². The third-order valence-electron chi connectivity index (χ3n) is 2.62. The summed E-state index contributed by atoms with van der Waals surface area (Å²) >= 11 is 9.44. The zero-order valence-corrected chi connectivity index (χ0v) is 13.3. The molecule has 1 aromatic heterocycles. The van der Waals surface area contributed by atoms with Gasteiger partial charge in [-0.2, -0.15) is 0 Å². The molecular formula is C14H13BrClFN2O. The van der Waals surface area contributed by atoms with Crippen molar-refractivity contribution in [1.82, 2.24) is 9.97 Å². The Kier molecular flexibility index (Phi) is 4.60. The Bertz CT molecular complexity index is 629. The lowest BCUT2D eigenvalue weighted by Gasteiger charge is -2.10. The summed E-state index contributed by atoms with van der Waals surface area (Å²) in [5, 5.41) is 9.73. The summed E-state index contributed by atoms with van der Waals surface area (Å²) in [6, 6.07) is 3.69. The Hall–Kier alpha value is -1.20. The van der Waals surface area contributed by atoms with E-state index in [2.05, 4.69) is 39.7 Å². The second-order valence-corrected chi connectivity index (χ2v) is 6.05. The molecule has 1 aromatic carbocycles. The number of hydrogen-bond donors (Lipinski definition) is 1. The first-order valence-electron chi connectivity index (χ1n) is 6.08. The van der Waals surface area contributed by atoms with E-state index in [1.54, 1.807) is 0 Å². The quantitative estimate of drug-likeness (QED) is 0.815. The fraction of sp³-hybridized carbons (Fsp3) is 0.286. The van der Waals surface area contributed by atoms with Gasteiger partial charge in [0.1, 0.15) is 16.7 Å². The lowest BCUT2D eigenvalue weighted by Crippen LogP contribution is -2.03. The summed E-state index contributed by atoms with van der Waals surface area (Å²) in [6.45, 7) is 4.13. The standard InChI is InChI=1S/C14H13BrClFN2O/c1-7(2)3-11-12(15)13(16)19-14(18-11)8-4-9(17)6-10(20)5-8/h4-7,20H,3H2,1-2H3. The van der Waals surface area contributed by atoms with Crippen LogP contribution in [0.3, 0.4) is 0 Å². The molecule has 0 saturated heterocycles. The van der Waals surface area contributed by atoms with Crippen LogP contribution in [0, 0.1) is 11.7 Å². The third kappa shape index (κ3) is 3.46. The van der Waals surface area contributed by atoms with Crippen LogP contribution in [0.2, 0.25) is 5.15 Å². The van der Waals surface area contributed by atoms with Crippen molar-refractivity contribution in [3.63, 3.8) is 0 Å². The average molecular weight is 360 g/mol. The number of benzene rings is 1. The number of halogens is 3. The van der Waals surface area contributed by atoms with E-state index in [9.17, 15) is 9.50 Å². The highest BCUT2D eigenvalue weighted by Gasteiger charge is 2.14. The zero-order chi connectivity index (χ0) is 14.9. The number of aromatic nitrogens is 2. The van der Waals surface area contributed by atoms with Gasteiger partial charge in [-0.1, -0.05) is 25.4 Å². The smallest absolute Gasteiger partial charge is 0.161 e. The number of aromatic hydroxyl groups is 1. The first-order valence-corrected chi connectivity index (χ1v) is 7.25. The number of nitrogens with zero attached hydrogens (tertiary/aromatic N) is 2. The molecule has 1 heterocycles. The molecule has 0 aliphatic carbocycles. The second kappa shape index (κ2) is 6.06. The summed E-state index contributed by atoms with van der Waals surface area (Å²) in [5.74, 6) is -0.0317. The molecule has 2 rings (SSSR count). The predicted molar refractivity (Wildman–Crippen MR) is 80.3 cm³/mol. The van der Waals surface area contributed by atoms with Gasteiger partial charge in [0, 0.05) is 11.6 Å². The largest absolute Gasteiger partial charge is 0.508 e. The Morgan fingerprint density at radius 3 is 2.60 bits per heavy atom. The molecule has 0 amide bonds. The van der Waals surface area contributed by atoms with Gasteiger partial charge in [-0.25, -0.2) is 14.4 Å². The summed E-state index contributed by atoms with van der Waals surface area (Å²) < 4.78 is 14.0. The topological polar surface area (TPSA) is 46.0 Å². The highest BCUT2D eigenvalue weighted by Crippen LogP contribution is 2.30. The fourth-order valence-corrected chi connectivity index (χ4v) is 2.35. The molecule has 3 nitrogen and oxygen atoms in total. The highest BCUT2D eigenvalue weighted by atomic mass is 79.9. The first kappa shape index (κ1) is 15.2. The summed E-state index contributed by atoms with van der Waals surface area (Å²) in [7, 11) is 0. The number of rotatable bonds is 3. The molecule has 0 unspecified atom stereocenters. The van der Waals surface area contributed by atoms with Crippen LogP contribution in [-0.2, 0) is 6.42 Å². The molecule has 0 radical (unpaired) electrons. The lowest BCUT2D eigenvalue weighted by atomic mass is 10.1. The van der Waals surface area contributed by atoms with E-state index < -0.39 is 5.82 Å². The Morgan fingerprint density at radius 1 is 1.30 bits per heavy atom. The molecule has 6 heteroatoms. The Balaban J connectivity index is 2.54. The first-order chi connectivity index (χ1) is 9.36. The van der Waals surface area contributed by atoms with Crippen molar-refractivity contribution < 1.29 is 9.50 Å². The summed E-state index contributed by atoms with van der Waals surface area (Å²) in [6.07, 6.45) is 0.719. The molecule has 0 aliphatic heterocycles. The summed E-state index contributed by atoms with van der Waals surface area (Å²) in [5.41, 5.74) is 1.15. The van der Waals surface area contributed by atoms with Crippen molar-refractivity contribution in [2.75, 3.05) is 0 Å². The predicted octanol–water partition coefficient (Wildman–Crippen LogP) is 4.60. The molecule has 0 spiro atoms. The molecule has 0 atom stereocenters. The molecule has 1 N–H and O–H groups in total. The van der Waals surface area contributed by atoms with E-state index in [1.807, 2.05) is 0 Å². The van der Waals surface area contributed by atoms with Crippen molar-refractivity contribution in [2.24, 2.45) is 5.92 Å². The van der Waals surface area contributed by atoms with E-state index in [-0.39, 0.29) is 10.9 Å². The molecule has 106 valence electrons. The average Bonchev–Trinajstić information content (AvgIpc) is 2.32. The van der Waals surface area contributed by atoms with Crippen LogP contribution >= 0.6 is 27.5 Å². The molecule has 0 bridgehead atoms. The van der Waals surface area contributed by atoms with E-state index in [0.717, 1.165) is 18.2 Å². The Morgan fingerprint density at radius 2 is 2.00 bits per heavy atom. The maximum Gasteiger partial charge on any atom is 0.161 e. The van der Waals surface area contributed by atoms with Gasteiger partial charge in [0.05, 0.1) is 10.2 Å². The van der Waals surface area contributed by atoms with Gasteiger partial charge in [0.15, 0.2) is 5.82 Å². The third-order valence-corrected chi connectivity index (χ3v) is 3.96. The van der Waals surface area contributed by atoms with Gasteiger partial charge in [0.2, 0.25) is 0 Å². The molecular weight excluding hydrogens is 347 g/mol. The van der Waals surface area contributed by atoms with Crippen molar-refractivity contribution in [3.8, 4) is 17.1 Å². The van der Waals surface area contributed by atoms with Crippen LogP contribution < -0.4 is 0 Å². The van der Waals surface area contributed by atoms with Crippen molar-refractivity contribution in [1.29, 1.82) is 0 Å². The molecule has 0 saturated carbocycles. The Labute approximate surface area is 130 Å². The maximum absolute atomic E-state index is 13.3. The van der Waals surface area contributed by atoms with Crippen LogP contribution in [0.4, 0.5) is 4.39 Å². The van der Waals surface area contributed by atoms with E-state index in [0.29, 0.717) is 21.8 Å². The lowest BCUT2D eigenvalue weighted by molar-refractivity contribution is 0.469. The highest BCUT2D eigenvalue weighted by molar-refractivity contribution is 9.10. The molecule has 0 aliphatic rings. The number of phenolic OH excluding ortho intramolecular Hbond substituents is 1. The minimum Gasteiger partial charge on any atom is -0.508 e. The van der Waals surface area contributed by atoms with E-state index >= 15 is 0 Å². The van der Waals surface area contributed by atoms with Gasteiger partial charge in [0.25, 0.3) is 0 Å². The van der Waals surface area contributed by atoms with Crippen LogP contribution in [0.1, 0.15) is 19.5 Å². The minimum absolute atomic E-state index is 0.173. The van der Waals surface area contributed by atoms with Gasteiger partial charge < -0.3 is 5.11 Å². The van der Waals surface area contributed by atoms with Gasteiger partial charge >= 0.3 is 0 Å². The van der Waals surface area contributed by atoms with E-state index in [4.69, 9.17) is 11.6 Å². The maximum atomic E-state index is 13.3. The summed E-state index contributed by atoms with van der Waals surface area (Å²) in [4.78, 5) is 8.53. The van der Waals surface area contributed by atoms with Crippen LogP contribution in [0.25, 0.3) is 11.4 Å². The van der Waals surface area contributed by atoms with Crippen LogP contribution in [-0.4, -0.2) is 15.1 Å². The van der Waals surface area contributed by atoms with Crippen molar-refractivity contribution >= 4 is 27.5 Å². The van der Waals surface area contributed by atoms with Gasteiger partial charge in [-0.05, 0) is 40.4 Å². The zero-order valence-electron chi connectivity index (χ0n) is 11.0. The van der Waals surface area contributed by atoms with Crippen LogP contribution in [0.15, 0.2) is 22.7 Å². The SMILES string of the molecule is CC(C)Cc1nc(-c2cc(O)cc(F)c2)nc(Cl)c1Br. The number of phenols is 1.